The topological polar surface area (TPSA) is 100 Å². The molecule has 164 valence electrons. The Hall–Kier alpha value is -4.13. The molecular formula is C25H25N3O4. The number of hydrogen-bond donors (Lipinski definition) is 3. The molecule has 0 aliphatic carbocycles. The molecule has 3 N–H and O–H groups in total. The molecule has 7 nitrogen and oxygen atoms in total. The van der Waals surface area contributed by atoms with Crippen LogP contribution in [0.2, 0.25) is 0 Å². The Morgan fingerprint density at radius 1 is 0.969 bits per heavy atom. The highest BCUT2D eigenvalue weighted by Crippen LogP contribution is 2.13. The number of hydrogen-bond acceptors (Lipinski definition) is 4. The number of benzene rings is 2. The standard InChI is InChI=1S/C25H25N3O4/c1-18-7-9-20(10-8-18)25(31)28-21-5-2-4-19(16-21)17-27-24(30)13-14-26-23(29)12-11-22-6-3-15-32-22/h2-12,15-16H,13-14,17H2,1H3,(H,26,29)(H,27,30)(H,28,31)/b12-11+. The first-order valence-corrected chi connectivity index (χ1v) is 10.2. The Kier molecular flexibility index (Phi) is 7.97. The lowest BCUT2D eigenvalue weighted by molar-refractivity contribution is -0.121. The minimum absolute atomic E-state index is 0.157. The summed E-state index contributed by atoms with van der Waals surface area (Å²) >= 11 is 0. The summed E-state index contributed by atoms with van der Waals surface area (Å²) < 4.78 is 5.10. The van der Waals surface area contributed by atoms with Gasteiger partial charge < -0.3 is 20.4 Å². The van der Waals surface area contributed by atoms with E-state index < -0.39 is 0 Å². The molecule has 3 amide bonds. The maximum Gasteiger partial charge on any atom is 0.255 e. The highest BCUT2D eigenvalue weighted by Gasteiger charge is 2.07. The van der Waals surface area contributed by atoms with Crippen LogP contribution >= 0.6 is 0 Å². The number of furan rings is 1. The van der Waals surface area contributed by atoms with Gasteiger partial charge in [0.15, 0.2) is 0 Å². The van der Waals surface area contributed by atoms with Gasteiger partial charge in [0.25, 0.3) is 5.91 Å². The van der Waals surface area contributed by atoms with Gasteiger partial charge in [-0.05, 0) is 55.0 Å². The molecule has 1 heterocycles. The predicted molar refractivity (Wildman–Crippen MR) is 123 cm³/mol. The number of anilines is 1. The minimum Gasteiger partial charge on any atom is -0.465 e. The minimum atomic E-state index is -0.300. The molecule has 0 aliphatic heterocycles. The second-order valence-electron chi connectivity index (χ2n) is 7.19. The summed E-state index contributed by atoms with van der Waals surface area (Å²) in [5.74, 6) is -0.0983. The van der Waals surface area contributed by atoms with Crippen LogP contribution in [0, 0.1) is 6.92 Å². The SMILES string of the molecule is Cc1ccc(C(=O)Nc2cccc(CNC(=O)CCNC(=O)/C=C/c3ccco3)c2)cc1. The lowest BCUT2D eigenvalue weighted by Gasteiger charge is -2.09. The Bertz CT molecular complexity index is 1090. The molecule has 2 aromatic carbocycles. The summed E-state index contributed by atoms with van der Waals surface area (Å²) in [5, 5.41) is 8.32. The van der Waals surface area contributed by atoms with Gasteiger partial charge >= 0.3 is 0 Å². The third-order valence-electron chi connectivity index (χ3n) is 4.58. The second-order valence-corrected chi connectivity index (χ2v) is 7.19. The van der Waals surface area contributed by atoms with E-state index in [-0.39, 0.29) is 30.7 Å². The lowest BCUT2D eigenvalue weighted by Crippen LogP contribution is -2.29. The van der Waals surface area contributed by atoms with Crippen LogP contribution in [0.1, 0.15) is 33.7 Å². The van der Waals surface area contributed by atoms with Crippen LogP contribution < -0.4 is 16.0 Å². The Labute approximate surface area is 186 Å². The lowest BCUT2D eigenvalue weighted by atomic mass is 10.1. The zero-order chi connectivity index (χ0) is 22.8. The highest BCUT2D eigenvalue weighted by molar-refractivity contribution is 6.04. The van der Waals surface area contributed by atoms with Crippen molar-refractivity contribution in [3.63, 3.8) is 0 Å². The third kappa shape index (κ3) is 7.28. The van der Waals surface area contributed by atoms with Gasteiger partial charge in [0.1, 0.15) is 5.76 Å². The number of aryl methyl sites for hydroxylation is 1. The van der Waals surface area contributed by atoms with Crippen molar-refractivity contribution < 1.29 is 18.8 Å². The molecule has 0 saturated carbocycles. The average Bonchev–Trinajstić information content (AvgIpc) is 3.31. The van der Waals surface area contributed by atoms with E-state index in [0.717, 1.165) is 11.1 Å². The molecule has 3 rings (SSSR count). The van der Waals surface area contributed by atoms with E-state index in [2.05, 4.69) is 16.0 Å². The van der Waals surface area contributed by atoms with Gasteiger partial charge in [-0.3, -0.25) is 14.4 Å². The summed E-state index contributed by atoms with van der Waals surface area (Å²) in [6, 6.07) is 18.1. The van der Waals surface area contributed by atoms with Crippen LogP contribution in [0.15, 0.2) is 77.4 Å². The van der Waals surface area contributed by atoms with Crippen molar-refractivity contribution in [2.45, 2.75) is 19.9 Å². The third-order valence-corrected chi connectivity index (χ3v) is 4.58. The number of rotatable bonds is 9. The first-order valence-electron chi connectivity index (χ1n) is 10.2. The first kappa shape index (κ1) is 22.6. The van der Waals surface area contributed by atoms with Crippen LogP contribution in [0.4, 0.5) is 5.69 Å². The summed E-state index contributed by atoms with van der Waals surface area (Å²) in [6.45, 7) is 2.51. The van der Waals surface area contributed by atoms with Crippen molar-refractivity contribution in [1.82, 2.24) is 10.6 Å². The fourth-order valence-electron chi connectivity index (χ4n) is 2.86. The predicted octanol–water partition coefficient (Wildman–Crippen LogP) is 3.68. The van der Waals surface area contributed by atoms with Crippen molar-refractivity contribution in [3.05, 3.63) is 95.5 Å². The van der Waals surface area contributed by atoms with E-state index >= 15 is 0 Å². The largest absolute Gasteiger partial charge is 0.465 e. The average molecular weight is 431 g/mol. The molecular weight excluding hydrogens is 406 g/mol. The van der Waals surface area contributed by atoms with Crippen molar-refractivity contribution in [1.29, 1.82) is 0 Å². The van der Waals surface area contributed by atoms with Crippen LogP contribution in [0.3, 0.4) is 0 Å². The molecule has 0 radical (unpaired) electrons. The molecule has 0 atom stereocenters. The molecule has 0 saturated heterocycles. The van der Waals surface area contributed by atoms with E-state index in [9.17, 15) is 14.4 Å². The van der Waals surface area contributed by atoms with Gasteiger partial charge in [0, 0.05) is 36.8 Å². The van der Waals surface area contributed by atoms with Crippen molar-refractivity contribution in [3.8, 4) is 0 Å². The summed E-state index contributed by atoms with van der Waals surface area (Å²) in [6.07, 6.45) is 4.59. The van der Waals surface area contributed by atoms with E-state index in [4.69, 9.17) is 4.42 Å². The molecule has 3 aromatic rings. The number of carbonyl (C=O) groups is 3. The Morgan fingerprint density at radius 3 is 2.53 bits per heavy atom. The molecule has 1 aromatic heterocycles. The quantitative estimate of drug-likeness (QED) is 0.450. The van der Waals surface area contributed by atoms with Crippen molar-refractivity contribution in [2.24, 2.45) is 0 Å². The van der Waals surface area contributed by atoms with Gasteiger partial charge in [-0.15, -0.1) is 0 Å². The Balaban J connectivity index is 1.40. The number of nitrogens with one attached hydrogen (secondary N) is 3. The summed E-state index contributed by atoms with van der Waals surface area (Å²) in [4.78, 5) is 36.2. The molecule has 7 heteroatoms. The van der Waals surface area contributed by atoms with Crippen LogP contribution in [-0.4, -0.2) is 24.3 Å². The van der Waals surface area contributed by atoms with Gasteiger partial charge in [0.05, 0.1) is 6.26 Å². The van der Waals surface area contributed by atoms with E-state index in [0.29, 0.717) is 23.6 Å². The Morgan fingerprint density at radius 2 is 1.78 bits per heavy atom. The van der Waals surface area contributed by atoms with Crippen molar-refractivity contribution >= 4 is 29.5 Å². The molecule has 0 bridgehead atoms. The van der Waals surface area contributed by atoms with E-state index in [1.165, 1.54) is 12.3 Å². The monoisotopic (exact) mass is 431 g/mol. The van der Waals surface area contributed by atoms with E-state index in [1.807, 2.05) is 37.3 Å². The summed E-state index contributed by atoms with van der Waals surface area (Å²) in [7, 11) is 0. The number of carbonyl (C=O) groups excluding carboxylic acids is 3. The summed E-state index contributed by atoms with van der Waals surface area (Å²) in [5.41, 5.74) is 3.17. The molecule has 0 unspecified atom stereocenters. The number of amides is 3. The zero-order valence-electron chi connectivity index (χ0n) is 17.8. The van der Waals surface area contributed by atoms with Gasteiger partial charge in [-0.1, -0.05) is 29.8 Å². The molecule has 0 spiro atoms. The van der Waals surface area contributed by atoms with Gasteiger partial charge in [0.2, 0.25) is 11.8 Å². The molecule has 0 aliphatic rings. The van der Waals surface area contributed by atoms with Crippen LogP contribution in [0.25, 0.3) is 6.08 Å². The van der Waals surface area contributed by atoms with Crippen LogP contribution in [0.5, 0.6) is 0 Å². The van der Waals surface area contributed by atoms with Gasteiger partial charge in [-0.25, -0.2) is 0 Å². The van der Waals surface area contributed by atoms with Gasteiger partial charge in [-0.2, -0.15) is 0 Å². The molecule has 0 fully saturated rings. The fourth-order valence-corrected chi connectivity index (χ4v) is 2.86. The smallest absolute Gasteiger partial charge is 0.255 e. The first-order chi connectivity index (χ1) is 15.5. The fraction of sp³-hybridized carbons (Fsp3) is 0.160. The highest BCUT2D eigenvalue weighted by atomic mass is 16.3. The van der Waals surface area contributed by atoms with Crippen molar-refractivity contribution in [2.75, 3.05) is 11.9 Å². The normalized spacial score (nSPS) is 10.7. The van der Waals surface area contributed by atoms with Crippen LogP contribution in [-0.2, 0) is 16.1 Å². The maximum atomic E-state index is 12.4. The van der Waals surface area contributed by atoms with E-state index in [1.54, 1.807) is 36.4 Å². The molecule has 32 heavy (non-hydrogen) atoms. The second kappa shape index (κ2) is 11.3. The maximum absolute atomic E-state index is 12.4. The zero-order valence-corrected chi connectivity index (χ0v) is 17.8.